The molecule has 13 heteroatoms. The molecule has 0 radical (unpaired) electrons. The molecular formula is C30H36ClN7O5. The summed E-state index contributed by atoms with van der Waals surface area (Å²) in [6.45, 7) is 11.0. The first kappa shape index (κ1) is 30.1. The van der Waals surface area contributed by atoms with Crippen LogP contribution in [-0.4, -0.2) is 78.8 Å². The van der Waals surface area contributed by atoms with E-state index in [1.165, 1.54) is 16.5 Å². The zero-order valence-corrected chi connectivity index (χ0v) is 26.0. The van der Waals surface area contributed by atoms with Crippen LogP contribution >= 0.6 is 11.6 Å². The Hall–Kier alpha value is -4.32. The number of carbonyl (C=O) groups excluding carboxylic acids is 3. The van der Waals surface area contributed by atoms with Crippen molar-refractivity contribution in [3.05, 3.63) is 48.0 Å². The first-order valence-corrected chi connectivity index (χ1v) is 14.4. The number of anilines is 1. The lowest BCUT2D eigenvalue weighted by Gasteiger charge is -2.27. The molecule has 5 rings (SSSR count). The van der Waals surface area contributed by atoms with Crippen molar-refractivity contribution in [1.29, 1.82) is 0 Å². The van der Waals surface area contributed by atoms with Crippen LogP contribution in [0.2, 0.25) is 5.15 Å². The average molecular weight is 610 g/mol. The summed E-state index contributed by atoms with van der Waals surface area (Å²) in [6, 6.07) is 6.35. The summed E-state index contributed by atoms with van der Waals surface area (Å²) in [4.78, 5) is 49.7. The minimum atomic E-state index is -0.730. The van der Waals surface area contributed by atoms with Gasteiger partial charge in [0, 0.05) is 49.2 Å². The van der Waals surface area contributed by atoms with Crippen molar-refractivity contribution in [1.82, 2.24) is 29.2 Å². The van der Waals surface area contributed by atoms with Gasteiger partial charge in [-0.25, -0.2) is 19.6 Å². The molecule has 0 aliphatic carbocycles. The van der Waals surface area contributed by atoms with Gasteiger partial charge in [-0.1, -0.05) is 29.8 Å². The van der Waals surface area contributed by atoms with Crippen LogP contribution in [0.25, 0.3) is 27.8 Å². The summed E-state index contributed by atoms with van der Waals surface area (Å²) in [5.41, 5.74) is 0.738. The highest BCUT2D eigenvalue weighted by molar-refractivity contribution is 6.32. The Morgan fingerprint density at radius 3 is 2.37 bits per heavy atom. The van der Waals surface area contributed by atoms with Gasteiger partial charge in [-0.15, -0.1) is 0 Å². The van der Waals surface area contributed by atoms with Gasteiger partial charge >= 0.3 is 12.2 Å². The van der Waals surface area contributed by atoms with Gasteiger partial charge in [0.15, 0.2) is 11.5 Å². The van der Waals surface area contributed by atoms with E-state index in [9.17, 15) is 14.4 Å². The Bertz CT molecular complexity index is 1720. The Kier molecular flexibility index (Phi) is 7.76. The molecule has 2 unspecified atom stereocenters. The zero-order valence-electron chi connectivity index (χ0n) is 25.3. The molecule has 228 valence electrons. The average Bonchev–Trinajstić information content (AvgIpc) is 3.65. The van der Waals surface area contributed by atoms with Crippen molar-refractivity contribution < 1.29 is 23.9 Å². The van der Waals surface area contributed by atoms with Crippen LogP contribution in [0.5, 0.6) is 0 Å². The molecule has 1 saturated heterocycles. The second-order valence-electron chi connectivity index (χ2n) is 12.5. The minimum absolute atomic E-state index is 0.206. The van der Waals surface area contributed by atoms with E-state index in [1.54, 1.807) is 43.8 Å². The van der Waals surface area contributed by atoms with Crippen LogP contribution in [0.3, 0.4) is 0 Å². The van der Waals surface area contributed by atoms with Crippen LogP contribution < -0.4 is 10.6 Å². The van der Waals surface area contributed by atoms with Gasteiger partial charge in [0.05, 0.1) is 5.52 Å². The molecule has 0 bridgehead atoms. The van der Waals surface area contributed by atoms with E-state index in [-0.39, 0.29) is 18.5 Å². The van der Waals surface area contributed by atoms with Crippen LogP contribution in [0.4, 0.5) is 15.4 Å². The number of hydrogen-bond acceptors (Lipinski definition) is 8. The molecule has 1 fully saturated rings. The fourth-order valence-electron chi connectivity index (χ4n) is 5.13. The van der Waals surface area contributed by atoms with Crippen molar-refractivity contribution in [2.24, 2.45) is 0 Å². The summed E-state index contributed by atoms with van der Waals surface area (Å²) in [5.74, 6) is 0.117. The monoisotopic (exact) mass is 609 g/mol. The fourth-order valence-corrected chi connectivity index (χ4v) is 5.41. The van der Waals surface area contributed by atoms with Crippen molar-refractivity contribution in [2.45, 2.75) is 71.2 Å². The van der Waals surface area contributed by atoms with Gasteiger partial charge in [-0.05, 0) is 54.0 Å². The quantitative estimate of drug-likeness (QED) is 0.318. The number of ether oxygens (including phenoxy) is 2. The number of carbonyl (C=O) groups is 3. The molecule has 0 saturated carbocycles. The van der Waals surface area contributed by atoms with Gasteiger partial charge in [0.1, 0.15) is 28.1 Å². The van der Waals surface area contributed by atoms with Gasteiger partial charge in [-0.2, -0.15) is 0 Å². The topological polar surface area (TPSA) is 132 Å². The van der Waals surface area contributed by atoms with E-state index >= 15 is 0 Å². The third-order valence-electron chi connectivity index (χ3n) is 6.86. The third-order valence-corrected chi connectivity index (χ3v) is 7.22. The predicted molar refractivity (Wildman–Crippen MR) is 163 cm³/mol. The van der Waals surface area contributed by atoms with E-state index < -0.39 is 29.4 Å². The molecule has 2 amide bonds. The Labute approximate surface area is 254 Å². The lowest BCUT2D eigenvalue weighted by Crippen LogP contribution is -2.46. The summed E-state index contributed by atoms with van der Waals surface area (Å²) in [7, 11) is 1.53. The van der Waals surface area contributed by atoms with E-state index in [2.05, 4.69) is 15.6 Å². The van der Waals surface area contributed by atoms with Crippen LogP contribution in [0.15, 0.2) is 42.9 Å². The molecule has 4 aromatic rings. The maximum Gasteiger partial charge on any atom is 0.419 e. The molecule has 2 atom stereocenters. The number of amides is 2. The largest absolute Gasteiger partial charge is 0.444 e. The fraction of sp³-hybridized carbons (Fsp3) is 0.433. The number of para-hydroxylation sites is 1. The minimum Gasteiger partial charge on any atom is -0.444 e. The van der Waals surface area contributed by atoms with E-state index in [0.717, 1.165) is 5.39 Å². The molecular weight excluding hydrogens is 574 g/mol. The van der Waals surface area contributed by atoms with Gasteiger partial charge in [0.25, 0.3) is 0 Å². The van der Waals surface area contributed by atoms with Crippen molar-refractivity contribution >= 4 is 52.1 Å². The van der Waals surface area contributed by atoms with E-state index in [4.69, 9.17) is 26.1 Å². The van der Waals surface area contributed by atoms with Crippen LogP contribution in [0.1, 0.15) is 48.0 Å². The molecule has 0 spiro atoms. The Morgan fingerprint density at radius 1 is 1.02 bits per heavy atom. The number of aromatic nitrogens is 4. The number of imidazole rings is 1. The summed E-state index contributed by atoms with van der Waals surface area (Å²) < 4.78 is 14.4. The number of nitrogens with one attached hydrogen (secondary N) is 2. The van der Waals surface area contributed by atoms with Crippen molar-refractivity contribution in [3.63, 3.8) is 0 Å². The Morgan fingerprint density at radius 2 is 1.70 bits per heavy atom. The van der Waals surface area contributed by atoms with Crippen molar-refractivity contribution in [3.8, 4) is 11.3 Å². The number of hydrogen-bond donors (Lipinski definition) is 2. The molecule has 43 heavy (non-hydrogen) atoms. The molecule has 3 aromatic heterocycles. The summed E-state index contributed by atoms with van der Waals surface area (Å²) >= 11 is 6.90. The number of rotatable bonds is 4. The highest BCUT2D eigenvalue weighted by Crippen LogP contribution is 2.37. The normalized spacial score (nSPS) is 17.3. The molecule has 12 nitrogen and oxygen atoms in total. The number of nitrogens with zero attached hydrogens (tertiary/aromatic N) is 5. The molecule has 4 heterocycles. The second kappa shape index (κ2) is 11.1. The SMILES string of the molecule is CNC(=O)C1CC(Nc2nc(-c3cn(C(=O)OC(C)(C)C)c4ccccc34)c(Cl)n3ccnc23)CN1C(=O)OC(C)(C)C. The van der Waals surface area contributed by atoms with Gasteiger partial charge in [-0.3, -0.25) is 18.7 Å². The number of benzene rings is 1. The highest BCUT2D eigenvalue weighted by atomic mass is 35.5. The zero-order chi connectivity index (χ0) is 31.3. The van der Waals surface area contributed by atoms with Crippen LogP contribution in [0, 0.1) is 0 Å². The van der Waals surface area contributed by atoms with Crippen LogP contribution in [-0.2, 0) is 14.3 Å². The Balaban J connectivity index is 1.55. The summed E-state index contributed by atoms with van der Waals surface area (Å²) in [5, 5.41) is 7.09. The van der Waals surface area contributed by atoms with E-state index in [0.29, 0.717) is 39.8 Å². The molecule has 1 aliphatic rings. The number of halogens is 1. The lowest BCUT2D eigenvalue weighted by molar-refractivity contribution is -0.124. The standard InChI is InChI=1S/C30H36ClN7O5/c1-29(2,3)42-27(40)37-15-17(14-21(37)26(39)32-7)34-24-25-33-12-13-36(25)23(31)22(35-24)19-16-38(28(41)43-30(4,5)6)20-11-9-8-10-18(19)20/h8-13,16-17,21H,14-15H2,1-7H3,(H,32,39)(H,34,35). The molecule has 1 aliphatic heterocycles. The maximum atomic E-state index is 13.1. The summed E-state index contributed by atoms with van der Waals surface area (Å²) in [6.07, 6.45) is 4.22. The van der Waals surface area contributed by atoms with Gasteiger partial charge < -0.3 is 20.1 Å². The number of likely N-dealkylation sites (tertiary alicyclic amines) is 1. The maximum absolute atomic E-state index is 13.1. The van der Waals surface area contributed by atoms with Crippen molar-refractivity contribution in [2.75, 3.05) is 18.9 Å². The van der Waals surface area contributed by atoms with E-state index in [1.807, 2.05) is 45.0 Å². The lowest BCUT2D eigenvalue weighted by atomic mass is 10.1. The smallest absolute Gasteiger partial charge is 0.419 e. The number of likely N-dealkylation sites (N-methyl/N-ethyl adjacent to an activating group) is 1. The van der Waals surface area contributed by atoms with Gasteiger partial charge in [0.2, 0.25) is 5.91 Å². The third kappa shape index (κ3) is 6.10. The number of fused-ring (bicyclic) bond motifs is 2. The molecule has 1 aromatic carbocycles. The predicted octanol–water partition coefficient (Wildman–Crippen LogP) is 5.32. The molecule has 2 N–H and O–H groups in total. The second-order valence-corrected chi connectivity index (χ2v) is 12.8. The first-order chi connectivity index (χ1) is 20.2. The first-order valence-electron chi connectivity index (χ1n) is 14.0. The highest BCUT2D eigenvalue weighted by Gasteiger charge is 2.41.